The summed E-state index contributed by atoms with van der Waals surface area (Å²) < 4.78 is 24.4. The second-order valence-corrected chi connectivity index (χ2v) is 13.6. The summed E-state index contributed by atoms with van der Waals surface area (Å²) in [6, 6.07) is 12.5. The lowest BCUT2D eigenvalue weighted by atomic mass is 10.0. The third-order valence-electron chi connectivity index (χ3n) is 9.74. The molecule has 50 heavy (non-hydrogen) atoms. The van der Waals surface area contributed by atoms with Gasteiger partial charge in [-0.1, -0.05) is 0 Å². The number of aliphatic hydroxyl groups excluding tert-OH is 1. The van der Waals surface area contributed by atoms with Crippen molar-refractivity contribution >= 4 is 49.5 Å². The average Bonchev–Trinajstić information content (AvgIpc) is 3.37. The van der Waals surface area contributed by atoms with E-state index in [0.29, 0.717) is 61.2 Å². The highest BCUT2D eigenvalue weighted by molar-refractivity contribution is 9.10. The molecule has 1 aromatic carbocycles. The number of fused-ring (bicyclic) bond motifs is 3. The summed E-state index contributed by atoms with van der Waals surface area (Å²) in [6.45, 7) is 6.24. The number of hydrogen-bond acceptors (Lipinski definition) is 9. The van der Waals surface area contributed by atoms with Crippen LogP contribution in [-0.2, 0) is 18.4 Å². The van der Waals surface area contributed by atoms with Crippen LogP contribution in [0.25, 0.3) is 33.4 Å². The first-order chi connectivity index (χ1) is 24.2. The van der Waals surface area contributed by atoms with E-state index in [1.54, 1.807) is 54.4 Å². The van der Waals surface area contributed by atoms with Crippen LogP contribution in [-0.4, -0.2) is 78.4 Å². The van der Waals surface area contributed by atoms with Gasteiger partial charge in [0.25, 0.3) is 11.1 Å². The minimum atomic E-state index is -0.429. The molecule has 0 unspecified atom stereocenters. The predicted octanol–water partition coefficient (Wildman–Crippen LogP) is 4.45. The predicted molar refractivity (Wildman–Crippen MR) is 193 cm³/mol. The number of anilines is 3. The molecular formula is C36H34BrFN8O4. The Morgan fingerprint density at radius 2 is 1.90 bits per heavy atom. The summed E-state index contributed by atoms with van der Waals surface area (Å²) in [7, 11) is 1.65. The van der Waals surface area contributed by atoms with Crippen molar-refractivity contribution in [3.05, 3.63) is 110 Å². The highest BCUT2D eigenvalue weighted by atomic mass is 79.9. The van der Waals surface area contributed by atoms with E-state index < -0.39 is 18.0 Å². The lowest BCUT2D eigenvalue weighted by Crippen LogP contribution is -2.59. The summed E-state index contributed by atoms with van der Waals surface area (Å²) in [5.74, 6) is 0.338. The Bertz CT molecular complexity index is 2390. The molecule has 0 saturated carbocycles. The SMILES string of the molecule is C[C@H]1CN(C2COC2)CCN1c1ccc(Nc2cc(-c3ccnc(-n4ccn5c(c(Br)c6cc(F)ccc65)c4=O)c3CO)cn(C)c2=O)nc1. The molecule has 256 valence electrons. The summed E-state index contributed by atoms with van der Waals surface area (Å²) in [4.78, 5) is 41.2. The Morgan fingerprint density at radius 1 is 1.06 bits per heavy atom. The Morgan fingerprint density at radius 3 is 2.62 bits per heavy atom. The molecule has 8 rings (SSSR count). The number of benzene rings is 1. The van der Waals surface area contributed by atoms with E-state index in [9.17, 15) is 19.1 Å². The fraction of sp³-hybridized carbons (Fsp3) is 0.278. The zero-order valence-electron chi connectivity index (χ0n) is 27.4. The molecule has 0 bridgehead atoms. The molecule has 2 fully saturated rings. The van der Waals surface area contributed by atoms with Crippen LogP contribution < -0.4 is 21.3 Å². The molecular weight excluding hydrogens is 707 g/mol. The van der Waals surface area contributed by atoms with Crippen molar-refractivity contribution in [3.63, 3.8) is 0 Å². The first-order valence-corrected chi connectivity index (χ1v) is 17.1. The van der Waals surface area contributed by atoms with Crippen LogP contribution in [0, 0.1) is 5.82 Å². The molecule has 6 aromatic rings. The quantitative estimate of drug-likeness (QED) is 0.245. The molecule has 2 N–H and O–H groups in total. The molecule has 0 aliphatic carbocycles. The first-order valence-electron chi connectivity index (χ1n) is 16.3. The van der Waals surface area contributed by atoms with Crippen LogP contribution in [0.3, 0.4) is 0 Å². The lowest BCUT2D eigenvalue weighted by molar-refractivity contribution is -0.0691. The van der Waals surface area contributed by atoms with Crippen molar-refractivity contribution in [2.24, 2.45) is 7.05 Å². The Labute approximate surface area is 294 Å². The van der Waals surface area contributed by atoms with Gasteiger partial charge in [-0.3, -0.25) is 19.1 Å². The van der Waals surface area contributed by atoms with Crippen LogP contribution in [0.2, 0.25) is 0 Å². The van der Waals surface area contributed by atoms with E-state index in [2.05, 4.69) is 47.9 Å². The molecule has 1 atom stereocenters. The number of piperazine rings is 1. The van der Waals surface area contributed by atoms with Gasteiger partial charge in [0.1, 0.15) is 28.7 Å². The molecule has 12 nitrogen and oxygen atoms in total. The minimum Gasteiger partial charge on any atom is -0.392 e. The second-order valence-electron chi connectivity index (χ2n) is 12.8. The van der Waals surface area contributed by atoms with Gasteiger partial charge in [0.2, 0.25) is 0 Å². The fourth-order valence-corrected chi connectivity index (χ4v) is 7.73. The molecule has 2 aliphatic heterocycles. The third kappa shape index (κ3) is 5.48. The van der Waals surface area contributed by atoms with Crippen molar-refractivity contribution in [3.8, 4) is 16.9 Å². The Kier molecular flexibility index (Phi) is 8.26. The van der Waals surface area contributed by atoms with Gasteiger partial charge in [-0.05, 0) is 70.9 Å². The number of halogens is 2. The average molecular weight is 742 g/mol. The maximum atomic E-state index is 14.1. The lowest BCUT2D eigenvalue weighted by Gasteiger charge is -2.46. The topological polar surface area (TPSA) is 122 Å². The van der Waals surface area contributed by atoms with Crippen molar-refractivity contribution in [2.75, 3.05) is 43.1 Å². The van der Waals surface area contributed by atoms with Crippen molar-refractivity contribution < 1.29 is 14.2 Å². The zero-order valence-corrected chi connectivity index (χ0v) is 29.0. The second kappa shape index (κ2) is 12.8. The fourth-order valence-electron chi connectivity index (χ4n) is 7.05. The number of aryl methyl sites for hydroxylation is 1. The number of nitrogens with zero attached hydrogens (tertiary/aromatic N) is 7. The Balaban J connectivity index is 1.10. The van der Waals surface area contributed by atoms with Crippen molar-refractivity contribution in [1.29, 1.82) is 0 Å². The molecule has 0 spiro atoms. The third-order valence-corrected chi connectivity index (χ3v) is 10.5. The van der Waals surface area contributed by atoms with E-state index in [1.165, 1.54) is 21.3 Å². The van der Waals surface area contributed by atoms with Gasteiger partial charge in [-0.2, -0.15) is 0 Å². The van der Waals surface area contributed by atoms with E-state index in [-0.39, 0.29) is 11.4 Å². The van der Waals surface area contributed by atoms with Crippen LogP contribution in [0.4, 0.5) is 21.6 Å². The van der Waals surface area contributed by atoms with Gasteiger partial charge in [0, 0.05) is 74.0 Å². The molecule has 7 heterocycles. The monoisotopic (exact) mass is 740 g/mol. The van der Waals surface area contributed by atoms with Crippen LogP contribution in [0.1, 0.15) is 12.5 Å². The normalized spacial score (nSPS) is 17.1. The molecule has 14 heteroatoms. The van der Waals surface area contributed by atoms with Gasteiger partial charge in [0.15, 0.2) is 0 Å². The molecule has 2 aliphatic rings. The number of ether oxygens (including phenoxy) is 1. The zero-order chi connectivity index (χ0) is 34.7. The standard InChI is InChI=1S/C36H34BrFN8O4/c1-21-16-43(25-19-50-20-25)9-10-44(21)24-4-6-31(40-15-24)41-29-13-22(17-42(2)35(29)48)26-7-8-39-34(28(26)18-47)46-12-11-45-30-5-3-23(38)14-27(30)32(37)33(45)36(46)49/h3-8,11-15,17,21,25,47H,9-10,16,18-20H2,1-2H3,(H,40,41)/t21-/m0/s1. The minimum absolute atomic E-state index is 0.234. The van der Waals surface area contributed by atoms with Crippen LogP contribution >= 0.6 is 15.9 Å². The van der Waals surface area contributed by atoms with Gasteiger partial charge < -0.3 is 29.0 Å². The van der Waals surface area contributed by atoms with Gasteiger partial charge in [-0.15, -0.1) is 0 Å². The summed E-state index contributed by atoms with van der Waals surface area (Å²) >= 11 is 3.50. The van der Waals surface area contributed by atoms with Gasteiger partial charge in [-0.25, -0.2) is 14.4 Å². The van der Waals surface area contributed by atoms with E-state index in [1.807, 2.05) is 18.3 Å². The number of pyridine rings is 3. The highest BCUT2D eigenvalue weighted by Crippen LogP contribution is 2.32. The number of aromatic nitrogens is 5. The number of aliphatic hydroxyl groups is 1. The smallest absolute Gasteiger partial charge is 0.281 e. The van der Waals surface area contributed by atoms with Crippen LogP contribution in [0.15, 0.2) is 87.5 Å². The summed E-state index contributed by atoms with van der Waals surface area (Å²) in [5, 5.41) is 14.4. The number of hydrogen-bond donors (Lipinski definition) is 2. The maximum absolute atomic E-state index is 14.1. The Hall–Kier alpha value is -4.89. The van der Waals surface area contributed by atoms with Gasteiger partial charge in [0.05, 0.1) is 47.7 Å². The molecule has 5 aromatic heterocycles. The molecule has 0 radical (unpaired) electrons. The molecule has 0 amide bonds. The largest absolute Gasteiger partial charge is 0.392 e. The van der Waals surface area contributed by atoms with Gasteiger partial charge >= 0.3 is 0 Å². The summed E-state index contributed by atoms with van der Waals surface area (Å²) in [5.41, 5.74) is 3.24. The summed E-state index contributed by atoms with van der Waals surface area (Å²) in [6.07, 6.45) is 8.33. The van der Waals surface area contributed by atoms with E-state index in [0.717, 1.165) is 38.5 Å². The van der Waals surface area contributed by atoms with Crippen LogP contribution in [0.5, 0.6) is 0 Å². The van der Waals surface area contributed by atoms with Crippen molar-refractivity contribution in [2.45, 2.75) is 25.6 Å². The van der Waals surface area contributed by atoms with Crippen molar-refractivity contribution in [1.82, 2.24) is 28.4 Å². The first kappa shape index (κ1) is 32.3. The van der Waals surface area contributed by atoms with E-state index in [4.69, 9.17) is 4.74 Å². The molecule has 2 saturated heterocycles. The highest BCUT2D eigenvalue weighted by Gasteiger charge is 2.32. The van der Waals surface area contributed by atoms with E-state index >= 15 is 0 Å². The maximum Gasteiger partial charge on any atom is 0.281 e. The number of rotatable bonds is 7. The number of nitrogens with one attached hydrogen (secondary N) is 1.